The lowest BCUT2D eigenvalue weighted by Crippen LogP contribution is -2.50. The van der Waals surface area contributed by atoms with E-state index in [1.54, 1.807) is 6.20 Å². The fourth-order valence-corrected chi connectivity index (χ4v) is 3.24. The number of amides is 1. The third-order valence-corrected chi connectivity index (χ3v) is 5.49. The number of pyridine rings is 1. The zero-order valence-corrected chi connectivity index (χ0v) is 16.3. The summed E-state index contributed by atoms with van der Waals surface area (Å²) in [6, 6.07) is 3.40. The number of ether oxygens (including phenoxy) is 1. The molecule has 1 fully saturated rings. The van der Waals surface area contributed by atoms with Gasteiger partial charge in [-0.2, -0.15) is 0 Å². The van der Waals surface area contributed by atoms with E-state index in [4.69, 9.17) is 4.74 Å². The van der Waals surface area contributed by atoms with Crippen LogP contribution in [0.3, 0.4) is 0 Å². The Hall–Kier alpha value is -1.91. The third-order valence-electron chi connectivity index (χ3n) is 5.49. The fraction of sp³-hybridized carbons (Fsp3) is 0.667. The second-order valence-corrected chi connectivity index (χ2v) is 7.87. The van der Waals surface area contributed by atoms with Crippen molar-refractivity contribution in [1.29, 1.82) is 0 Å². The molecule has 0 saturated heterocycles. The molecule has 0 unspecified atom stereocenters. The van der Waals surface area contributed by atoms with Crippen molar-refractivity contribution in [2.75, 3.05) is 6.61 Å². The van der Waals surface area contributed by atoms with Crippen LogP contribution in [0.4, 0.5) is 0 Å². The Balaban J connectivity index is 1.87. The minimum Gasteiger partial charge on any atom is -0.464 e. The number of esters is 1. The summed E-state index contributed by atoms with van der Waals surface area (Å²) in [5.74, 6) is -0.162. The van der Waals surface area contributed by atoms with Gasteiger partial charge in [-0.3, -0.25) is 9.78 Å². The van der Waals surface area contributed by atoms with E-state index in [2.05, 4.69) is 10.3 Å². The number of hydrogen-bond acceptors (Lipinski definition) is 4. The highest BCUT2D eigenvalue weighted by atomic mass is 16.5. The van der Waals surface area contributed by atoms with Crippen LogP contribution in [0.25, 0.3) is 0 Å². The summed E-state index contributed by atoms with van der Waals surface area (Å²) in [4.78, 5) is 29.3. The number of hydrogen-bond donors (Lipinski definition) is 1. The Kier molecular flexibility index (Phi) is 7.61. The van der Waals surface area contributed by atoms with Crippen molar-refractivity contribution < 1.29 is 14.3 Å². The Labute approximate surface area is 156 Å². The van der Waals surface area contributed by atoms with Crippen LogP contribution in [-0.2, 0) is 20.7 Å². The van der Waals surface area contributed by atoms with Crippen LogP contribution in [-0.4, -0.2) is 29.5 Å². The van der Waals surface area contributed by atoms with Crippen LogP contribution < -0.4 is 5.32 Å². The molecule has 1 aromatic rings. The first-order valence-corrected chi connectivity index (χ1v) is 9.80. The van der Waals surface area contributed by atoms with Gasteiger partial charge in [0.1, 0.15) is 6.04 Å². The molecule has 5 heteroatoms. The lowest BCUT2D eigenvalue weighted by atomic mass is 9.88. The predicted octanol–water partition coefficient (Wildman–Crippen LogP) is 3.67. The first-order valence-electron chi connectivity index (χ1n) is 9.80. The summed E-state index contributed by atoms with van der Waals surface area (Å²) in [6.07, 6.45) is 10.1. The molecular formula is C21H32N2O3. The summed E-state index contributed by atoms with van der Waals surface area (Å²) in [5.41, 5.74) is 0.658. The normalized spacial score (nSPS) is 16.3. The zero-order chi connectivity index (χ0) is 19.0. The van der Waals surface area contributed by atoms with E-state index >= 15 is 0 Å². The van der Waals surface area contributed by atoms with Crippen molar-refractivity contribution in [2.45, 2.75) is 71.8 Å². The van der Waals surface area contributed by atoms with E-state index in [9.17, 15) is 9.59 Å². The van der Waals surface area contributed by atoms with Crippen LogP contribution in [0.1, 0.15) is 64.9 Å². The van der Waals surface area contributed by atoms with Crippen molar-refractivity contribution in [1.82, 2.24) is 10.3 Å². The highest BCUT2D eigenvalue weighted by molar-refractivity contribution is 5.87. The Morgan fingerprint density at radius 3 is 2.69 bits per heavy atom. The molecule has 1 saturated carbocycles. The second kappa shape index (κ2) is 9.70. The maximum Gasteiger partial charge on any atom is 0.328 e. The van der Waals surface area contributed by atoms with Gasteiger partial charge in [0.25, 0.3) is 0 Å². The Morgan fingerprint density at radius 2 is 2.08 bits per heavy atom. The molecule has 1 aliphatic rings. The van der Waals surface area contributed by atoms with Gasteiger partial charge in [-0.1, -0.05) is 39.7 Å². The first kappa shape index (κ1) is 20.4. The van der Waals surface area contributed by atoms with E-state index in [1.165, 1.54) is 0 Å². The number of nitrogens with zero attached hydrogens (tertiary/aromatic N) is 1. The number of carbonyl (C=O) groups is 2. The largest absolute Gasteiger partial charge is 0.464 e. The first-order chi connectivity index (χ1) is 12.4. The van der Waals surface area contributed by atoms with Gasteiger partial charge in [0.15, 0.2) is 0 Å². The number of nitrogens with one attached hydrogen (secondary N) is 1. The topological polar surface area (TPSA) is 68.3 Å². The molecule has 1 atom stereocenters. The molecule has 1 aromatic heterocycles. The van der Waals surface area contributed by atoms with E-state index in [0.717, 1.165) is 50.5 Å². The van der Waals surface area contributed by atoms with Gasteiger partial charge in [0.2, 0.25) is 5.91 Å². The van der Waals surface area contributed by atoms with Gasteiger partial charge in [-0.25, -0.2) is 4.79 Å². The lowest BCUT2D eigenvalue weighted by Gasteiger charge is -2.28. The molecule has 1 aliphatic carbocycles. The quantitative estimate of drug-likeness (QED) is 0.539. The van der Waals surface area contributed by atoms with E-state index in [0.29, 0.717) is 6.61 Å². The summed E-state index contributed by atoms with van der Waals surface area (Å²) in [5, 5.41) is 2.99. The number of aryl methyl sites for hydroxylation is 1. The van der Waals surface area contributed by atoms with Crippen LogP contribution in [0.5, 0.6) is 0 Å². The smallest absolute Gasteiger partial charge is 0.328 e. The minimum atomic E-state index is -0.519. The summed E-state index contributed by atoms with van der Waals surface area (Å²) in [6.45, 7) is 6.17. The summed E-state index contributed by atoms with van der Waals surface area (Å²) in [7, 11) is 0. The lowest BCUT2D eigenvalue weighted by molar-refractivity contribution is -0.150. The average Bonchev–Trinajstić information content (AvgIpc) is 3.18. The molecule has 0 aliphatic heterocycles. The van der Waals surface area contributed by atoms with Crippen molar-refractivity contribution in [3.05, 3.63) is 30.1 Å². The van der Waals surface area contributed by atoms with Crippen LogP contribution in [0, 0.1) is 11.3 Å². The molecule has 5 nitrogen and oxygen atoms in total. The molecule has 0 spiro atoms. The fourth-order valence-electron chi connectivity index (χ4n) is 3.24. The molecule has 0 aromatic carbocycles. The molecule has 1 heterocycles. The molecule has 0 bridgehead atoms. The van der Waals surface area contributed by atoms with E-state index in [-0.39, 0.29) is 17.8 Å². The van der Waals surface area contributed by atoms with E-state index in [1.807, 2.05) is 39.1 Å². The van der Waals surface area contributed by atoms with Gasteiger partial charge in [-0.15, -0.1) is 0 Å². The Bertz CT molecular complexity index is 580. The SMILES string of the molecule is CCC(C)(C)C(=O)N[C@H](C(=O)OCCCc1cccnc1)C1CCCC1. The number of rotatable bonds is 9. The van der Waals surface area contributed by atoms with Crippen LogP contribution in [0.15, 0.2) is 24.5 Å². The Morgan fingerprint density at radius 1 is 1.35 bits per heavy atom. The number of carbonyl (C=O) groups excluding carboxylic acids is 2. The van der Waals surface area contributed by atoms with Crippen molar-refractivity contribution in [3.8, 4) is 0 Å². The maximum absolute atomic E-state index is 12.6. The van der Waals surface area contributed by atoms with Crippen molar-refractivity contribution in [2.24, 2.45) is 11.3 Å². The average molecular weight is 360 g/mol. The molecule has 26 heavy (non-hydrogen) atoms. The van der Waals surface area contributed by atoms with Gasteiger partial charge < -0.3 is 10.1 Å². The van der Waals surface area contributed by atoms with Gasteiger partial charge >= 0.3 is 5.97 Å². The molecular weight excluding hydrogens is 328 g/mol. The molecule has 1 amide bonds. The van der Waals surface area contributed by atoms with Crippen LogP contribution in [0.2, 0.25) is 0 Å². The minimum absolute atomic E-state index is 0.0655. The van der Waals surface area contributed by atoms with Crippen molar-refractivity contribution in [3.63, 3.8) is 0 Å². The molecule has 144 valence electrons. The molecule has 2 rings (SSSR count). The standard InChI is InChI=1S/C21H32N2O3/c1-4-21(2,3)20(25)23-18(17-11-5-6-12-17)19(24)26-14-8-10-16-9-7-13-22-15-16/h7,9,13,15,17-18H,4-6,8,10-12,14H2,1-3H3,(H,23,25)/t18-/m0/s1. The monoisotopic (exact) mass is 360 g/mol. The number of aromatic nitrogens is 1. The van der Waals surface area contributed by atoms with E-state index < -0.39 is 11.5 Å². The van der Waals surface area contributed by atoms with Gasteiger partial charge in [0, 0.05) is 17.8 Å². The van der Waals surface area contributed by atoms with Crippen molar-refractivity contribution >= 4 is 11.9 Å². The van der Waals surface area contributed by atoms with Crippen LogP contribution >= 0.6 is 0 Å². The highest BCUT2D eigenvalue weighted by Crippen LogP contribution is 2.29. The van der Waals surface area contributed by atoms with Gasteiger partial charge in [0.05, 0.1) is 6.61 Å². The zero-order valence-electron chi connectivity index (χ0n) is 16.3. The maximum atomic E-state index is 12.6. The predicted molar refractivity (Wildman–Crippen MR) is 101 cm³/mol. The second-order valence-electron chi connectivity index (χ2n) is 7.87. The highest BCUT2D eigenvalue weighted by Gasteiger charge is 2.36. The molecule has 1 N–H and O–H groups in total. The summed E-state index contributed by atoms with van der Waals surface area (Å²) >= 11 is 0. The summed E-state index contributed by atoms with van der Waals surface area (Å²) < 4.78 is 5.51. The van der Waals surface area contributed by atoms with Gasteiger partial charge in [-0.05, 0) is 49.7 Å². The molecule has 0 radical (unpaired) electrons. The third kappa shape index (κ3) is 5.82.